The predicted octanol–water partition coefficient (Wildman–Crippen LogP) is 4.77. The van der Waals surface area contributed by atoms with Gasteiger partial charge in [-0.1, -0.05) is 42.3 Å². The lowest BCUT2D eigenvalue weighted by Gasteiger charge is -2.27. The molecule has 1 fully saturated rings. The van der Waals surface area contributed by atoms with E-state index in [0.29, 0.717) is 31.0 Å². The minimum Gasteiger partial charge on any atom is -0.507 e. The Morgan fingerprint density at radius 1 is 1.15 bits per heavy atom. The molecule has 1 amide bonds. The van der Waals surface area contributed by atoms with E-state index in [9.17, 15) is 14.7 Å². The highest BCUT2D eigenvalue weighted by molar-refractivity contribution is 6.46. The molecule has 9 heteroatoms. The van der Waals surface area contributed by atoms with Crippen molar-refractivity contribution in [1.82, 2.24) is 9.80 Å². The molecule has 0 spiro atoms. The predicted molar refractivity (Wildman–Crippen MR) is 133 cm³/mol. The molecule has 1 unspecified atom stereocenters. The zero-order valence-electron chi connectivity index (χ0n) is 19.6. The molecule has 1 atom stereocenters. The average Bonchev–Trinajstić information content (AvgIpc) is 3.05. The molecular formula is C25H28Cl2N2O5. The number of likely N-dealkylation sites (N-methyl/N-ethyl adjacent to an activating group) is 1. The lowest BCUT2D eigenvalue weighted by atomic mass is 9.95. The van der Waals surface area contributed by atoms with Crippen molar-refractivity contribution < 1.29 is 24.2 Å². The summed E-state index contributed by atoms with van der Waals surface area (Å²) in [6, 6.07) is 9.28. The first-order valence-electron chi connectivity index (χ1n) is 10.9. The molecule has 1 aliphatic rings. The van der Waals surface area contributed by atoms with E-state index < -0.39 is 23.5 Å². The number of amides is 1. The lowest BCUT2D eigenvalue weighted by Crippen LogP contribution is -2.35. The van der Waals surface area contributed by atoms with Crippen LogP contribution in [0.1, 0.15) is 30.5 Å². The summed E-state index contributed by atoms with van der Waals surface area (Å²) in [5, 5.41) is 11.7. The third-order valence-electron chi connectivity index (χ3n) is 5.46. The average molecular weight is 507 g/mol. The van der Waals surface area contributed by atoms with Gasteiger partial charge in [0.25, 0.3) is 11.7 Å². The maximum Gasteiger partial charge on any atom is 0.295 e. The van der Waals surface area contributed by atoms with Crippen molar-refractivity contribution in [1.29, 1.82) is 0 Å². The summed E-state index contributed by atoms with van der Waals surface area (Å²) in [7, 11) is 5.16. The number of ketones is 1. The summed E-state index contributed by atoms with van der Waals surface area (Å²) in [6.07, 6.45) is 0.872. The zero-order valence-corrected chi connectivity index (χ0v) is 21.1. The number of hydrogen-bond acceptors (Lipinski definition) is 6. The van der Waals surface area contributed by atoms with Crippen LogP contribution in [-0.2, 0) is 9.59 Å². The number of aliphatic hydroxyl groups excluding tert-OH is 1. The van der Waals surface area contributed by atoms with Gasteiger partial charge >= 0.3 is 0 Å². The number of methoxy groups -OCH3 is 1. The van der Waals surface area contributed by atoms with Gasteiger partial charge < -0.3 is 24.4 Å². The molecule has 0 radical (unpaired) electrons. The van der Waals surface area contributed by atoms with Crippen molar-refractivity contribution in [3.05, 3.63) is 63.1 Å². The molecule has 1 N–H and O–H groups in total. The fraction of sp³-hybridized carbons (Fsp3) is 0.360. The smallest absolute Gasteiger partial charge is 0.295 e. The Hall–Kier alpha value is -2.74. The second kappa shape index (κ2) is 11.1. The van der Waals surface area contributed by atoms with Crippen LogP contribution >= 0.6 is 23.2 Å². The van der Waals surface area contributed by atoms with Gasteiger partial charge in [-0.2, -0.15) is 0 Å². The standard InChI is InChI=1S/C25H28Cl2N2O5/c1-5-12-34-17-8-6-15(7-9-17)21-20(23(31)25(32)29(21)11-10-28(2)3)22(30)18-13-16(26)14-19(27)24(18)33-4/h6-9,13-14,21,30H,5,10-12H2,1-4H3/b22-20+. The number of benzene rings is 2. The van der Waals surface area contributed by atoms with Crippen molar-refractivity contribution >= 4 is 40.7 Å². The number of carbonyl (C=O) groups is 2. The lowest BCUT2D eigenvalue weighted by molar-refractivity contribution is -0.140. The third-order valence-corrected chi connectivity index (χ3v) is 5.96. The molecule has 2 aromatic rings. The van der Waals surface area contributed by atoms with Crippen molar-refractivity contribution in [2.45, 2.75) is 19.4 Å². The molecule has 1 aliphatic heterocycles. The summed E-state index contributed by atoms with van der Waals surface area (Å²) in [5.41, 5.74) is 0.747. The van der Waals surface area contributed by atoms with Crippen LogP contribution in [0.5, 0.6) is 11.5 Å². The number of rotatable bonds is 9. The number of carbonyl (C=O) groups excluding carboxylic acids is 2. The van der Waals surface area contributed by atoms with Gasteiger partial charge in [0.15, 0.2) is 0 Å². The molecule has 1 saturated heterocycles. The summed E-state index contributed by atoms with van der Waals surface area (Å²) < 4.78 is 11.0. The van der Waals surface area contributed by atoms with Crippen LogP contribution in [0, 0.1) is 0 Å². The molecule has 0 saturated carbocycles. The molecule has 182 valence electrons. The van der Waals surface area contributed by atoms with E-state index >= 15 is 0 Å². The number of hydrogen-bond donors (Lipinski definition) is 1. The number of ether oxygens (including phenoxy) is 2. The van der Waals surface area contributed by atoms with Crippen molar-refractivity contribution in [2.75, 3.05) is 40.9 Å². The van der Waals surface area contributed by atoms with Gasteiger partial charge in [-0.15, -0.1) is 0 Å². The van der Waals surface area contributed by atoms with Gasteiger partial charge in [0.2, 0.25) is 0 Å². The second-order valence-corrected chi connectivity index (χ2v) is 9.03. The maximum atomic E-state index is 13.2. The van der Waals surface area contributed by atoms with E-state index in [1.165, 1.54) is 24.1 Å². The number of Topliss-reactive ketones (excluding diaryl/α,β-unsaturated/α-hetero) is 1. The van der Waals surface area contributed by atoms with Crippen LogP contribution in [0.15, 0.2) is 42.0 Å². The van der Waals surface area contributed by atoms with E-state index in [4.69, 9.17) is 32.7 Å². The zero-order chi connectivity index (χ0) is 25.0. The Morgan fingerprint density at radius 3 is 2.41 bits per heavy atom. The third kappa shape index (κ3) is 5.32. The summed E-state index contributed by atoms with van der Waals surface area (Å²) in [5.74, 6) is -1.04. The fourth-order valence-electron chi connectivity index (χ4n) is 3.82. The largest absolute Gasteiger partial charge is 0.507 e. The molecular weight excluding hydrogens is 479 g/mol. The van der Waals surface area contributed by atoms with Crippen LogP contribution in [0.2, 0.25) is 10.0 Å². The van der Waals surface area contributed by atoms with Crippen LogP contribution in [0.4, 0.5) is 0 Å². The first-order chi connectivity index (χ1) is 16.2. The number of aliphatic hydroxyl groups is 1. The molecule has 7 nitrogen and oxygen atoms in total. The monoisotopic (exact) mass is 506 g/mol. The minimum absolute atomic E-state index is 0.0531. The van der Waals surface area contributed by atoms with E-state index in [1.54, 1.807) is 24.3 Å². The molecule has 1 heterocycles. The second-order valence-electron chi connectivity index (χ2n) is 8.18. The fourth-order valence-corrected chi connectivity index (χ4v) is 4.39. The first kappa shape index (κ1) is 25.9. The maximum absolute atomic E-state index is 13.2. The molecule has 0 bridgehead atoms. The molecule has 34 heavy (non-hydrogen) atoms. The summed E-state index contributed by atoms with van der Waals surface area (Å²) >= 11 is 12.4. The normalized spacial score (nSPS) is 17.5. The quantitative estimate of drug-likeness (QED) is 0.299. The highest BCUT2D eigenvalue weighted by Crippen LogP contribution is 2.43. The SMILES string of the molecule is CCCOc1ccc(C2/C(=C(\O)c3cc(Cl)cc(Cl)c3OC)C(=O)C(=O)N2CCN(C)C)cc1. The molecule has 0 aliphatic carbocycles. The van der Waals surface area contributed by atoms with Crippen molar-refractivity contribution in [3.8, 4) is 11.5 Å². The summed E-state index contributed by atoms with van der Waals surface area (Å²) in [4.78, 5) is 29.6. The first-order valence-corrected chi connectivity index (χ1v) is 11.6. The van der Waals surface area contributed by atoms with Gasteiger partial charge in [0.05, 0.1) is 35.9 Å². The van der Waals surface area contributed by atoms with Gasteiger partial charge in [0, 0.05) is 18.1 Å². The van der Waals surface area contributed by atoms with Crippen LogP contribution in [0.25, 0.3) is 5.76 Å². The Labute approximate surface area is 209 Å². The van der Waals surface area contributed by atoms with Gasteiger partial charge in [0.1, 0.15) is 17.3 Å². The molecule has 3 rings (SSSR count). The number of halogens is 2. The Kier molecular flexibility index (Phi) is 8.47. The van der Waals surface area contributed by atoms with Gasteiger partial charge in [-0.05, 0) is 50.3 Å². The number of nitrogens with zero attached hydrogens (tertiary/aromatic N) is 2. The number of likely N-dealkylation sites (tertiary alicyclic amines) is 1. The molecule has 0 aromatic heterocycles. The van der Waals surface area contributed by atoms with Crippen LogP contribution in [-0.4, -0.2) is 67.5 Å². The highest BCUT2D eigenvalue weighted by Gasteiger charge is 2.46. The van der Waals surface area contributed by atoms with Crippen molar-refractivity contribution in [3.63, 3.8) is 0 Å². The van der Waals surface area contributed by atoms with Crippen LogP contribution < -0.4 is 9.47 Å². The van der Waals surface area contributed by atoms with Gasteiger partial charge in [-0.25, -0.2) is 0 Å². The Morgan fingerprint density at radius 2 is 1.82 bits per heavy atom. The molecule has 2 aromatic carbocycles. The van der Waals surface area contributed by atoms with E-state index in [1.807, 2.05) is 25.9 Å². The van der Waals surface area contributed by atoms with Crippen LogP contribution in [0.3, 0.4) is 0 Å². The Bertz CT molecular complexity index is 1100. The van der Waals surface area contributed by atoms with E-state index in [0.717, 1.165) is 6.42 Å². The van der Waals surface area contributed by atoms with E-state index in [2.05, 4.69) is 0 Å². The Balaban J connectivity index is 2.17. The van der Waals surface area contributed by atoms with E-state index in [-0.39, 0.29) is 26.9 Å². The van der Waals surface area contributed by atoms with Crippen molar-refractivity contribution in [2.24, 2.45) is 0 Å². The topological polar surface area (TPSA) is 79.3 Å². The van der Waals surface area contributed by atoms with Gasteiger partial charge in [-0.3, -0.25) is 9.59 Å². The minimum atomic E-state index is -0.803. The summed E-state index contributed by atoms with van der Waals surface area (Å²) in [6.45, 7) is 3.42. The highest BCUT2D eigenvalue weighted by atomic mass is 35.5.